The molecule has 0 aromatic heterocycles. The largest absolute Gasteiger partial charge is 0.478 e. The Morgan fingerprint density at radius 1 is 1.73 bits per heavy atom. The highest BCUT2D eigenvalue weighted by atomic mass is 16.5. The number of rotatable bonds is 2. The second kappa shape index (κ2) is 4.10. The molecule has 0 saturated carbocycles. The Bertz CT molecular complexity index is 161. The van der Waals surface area contributed by atoms with Gasteiger partial charge in [0.05, 0.1) is 13.2 Å². The van der Waals surface area contributed by atoms with Crippen LogP contribution in [0.1, 0.15) is 0 Å². The molecule has 1 fully saturated rings. The first-order valence-corrected chi connectivity index (χ1v) is 3.51. The van der Waals surface area contributed by atoms with Crippen molar-refractivity contribution in [2.75, 3.05) is 19.8 Å². The zero-order valence-electron chi connectivity index (χ0n) is 6.12. The van der Waals surface area contributed by atoms with Crippen LogP contribution in [-0.2, 0) is 9.53 Å². The number of hydrogen-bond acceptors (Lipinski definition) is 3. The zero-order chi connectivity index (χ0) is 8.10. The second-order valence-corrected chi connectivity index (χ2v) is 2.33. The van der Waals surface area contributed by atoms with Crippen LogP contribution in [0.5, 0.6) is 0 Å². The highest BCUT2D eigenvalue weighted by Gasteiger charge is 2.08. The maximum Gasteiger partial charge on any atom is 0.328 e. The van der Waals surface area contributed by atoms with Crippen LogP contribution in [0.4, 0.5) is 0 Å². The highest BCUT2D eigenvalue weighted by molar-refractivity contribution is 5.79. The number of carbonyl (C=O) groups is 1. The molecule has 1 rings (SSSR count). The molecule has 1 atom stereocenters. The lowest BCUT2D eigenvalue weighted by molar-refractivity contribution is -0.131. The number of aliphatic carboxylic acids is 1. The average molecular weight is 157 g/mol. The topological polar surface area (TPSA) is 58.6 Å². The quantitative estimate of drug-likeness (QED) is 0.536. The van der Waals surface area contributed by atoms with Crippen molar-refractivity contribution in [1.29, 1.82) is 0 Å². The minimum absolute atomic E-state index is 0.0554. The van der Waals surface area contributed by atoms with E-state index in [0.717, 1.165) is 12.6 Å². The van der Waals surface area contributed by atoms with Crippen molar-refractivity contribution in [2.24, 2.45) is 0 Å². The number of morpholine rings is 1. The molecule has 11 heavy (non-hydrogen) atoms. The van der Waals surface area contributed by atoms with E-state index in [1.807, 2.05) is 0 Å². The van der Waals surface area contributed by atoms with Gasteiger partial charge in [0.15, 0.2) is 0 Å². The van der Waals surface area contributed by atoms with Gasteiger partial charge in [0.2, 0.25) is 0 Å². The maximum absolute atomic E-state index is 10.1. The lowest BCUT2D eigenvalue weighted by atomic mass is 10.2. The molecule has 4 nitrogen and oxygen atoms in total. The Morgan fingerprint density at radius 2 is 2.55 bits per heavy atom. The summed E-state index contributed by atoms with van der Waals surface area (Å²) in [4.78, 5) is 10.1. The van der Waals surface area contributed by atoms with Gasteiger partial charge >= 0.3 is 5.97 Å². The van der Waals surface area contributed by atoms with Crippen molar-refractivity contribution >= 4 is 5.97 Å². The lowest BCUT2D eigenvalue weighted by Gasteiger charge is -2.20. The maximum atomic E-state index is 10.1. The number of nitrogens with one attached hydrogen (secondary N) is 1. The standard InChI is InChI=1S/C7H11NO3/c9-7(10)2-1-6-5-11-4-3-8-6/h1-2,6,8H,3-5H2,(H,9,10)/b2-1+. The van der Waals surface area contributed by atoms with Crippen LogP contribution in [0.25, 0.3) is 0 Å². The molecule has 0 aromatic rings. The van der Waals surface area contributed by atoms with Crippen molar-refractivity contribution in [3.8, 4) is 0 Å². The second-order valence-electron chi connectivity index (χ2n) is 2.33. The number of hydrogen-bond donors (Lipinski definition) is 2. The Balaban J connectivity index is 2.29. The van der Waals surface area contributed by atoms with E-state index in [1.165, 1.54) is 0 Å². The molecule has 0 aromatic carbocycles. The first-order chi connectivity index (χ1) is 5.29. The Morgan fingerprint density at radius 3 is 3.09 bits per heavy atom. The number of ether oxygens (including phenoxy) is 1. The molecule has 2 N–H and O–H groups in total. The van der Waals surface area contributed by atoms with E-state index in [0.29, 0.717) is 13.2 Å². The summed E-state index contributed by atoms with van der Waals surface area (Å²) in [6.45, 7) is 2.05. The molecule has 0 radical (unpaired) electrons. The van der Waals surface area contributed by atoms with Gasteiger partial charge in [0, 0.05) is 18.7 Å². The Hall–Kier alpha value is -0.870. The van der Waals surface area contributed by atoms with Crippen LogP contribution >= 0.6 is 0 Å². The fourth-order valence-electron chi connectivity index (χ4n) is 0.908. The molecule has 1 saturated heterocycles. The van der Waals surface area contributed by atoms with E-state index >= 15 is 0 Å². The Labute approximate surface area is 64.9 Å². The third-order valence-electron chi connectivity index (χ3n) is 1.42. The first kappa shape index (κ1) is 8.23. The highest BCUT2D eigenvalue weighted by Crippen LogP contribution is 1.93. The number of carboxylic acid groups (broad SMARTS) is 1. The summed E-state index contributed by atoms with van der Waals surface area (Å²) in [5, 5.41) is 11.4. The van der Waals surface area contributed by atoms with Crippen LogP contribution in [0.2, 0.25) is 0 Å². The van der Waals surface area contributed by atoms with E-state index in [1.54, 1.807) is 6.08 Å². The van der Waals surface area contributed by atoms with Crippen LogP contribution in [0, 0.1) is 0 Å². The van der Waals surface area contributed by atoms with Gasteiger partial charge in [0.1, 0.15) is 0 Å². The van der Waals surface area contributed by atoms with Gasteiger partial charge in [-0.1, -0.05) is 6.08 Å². The summed E-state index contributed by atoms with van der Waals surface area (Å²) in [6, 6.07) is 0.0554. The summed E-state index contributed by atoms with van der Waals surface area (Å²) < 4.78 is 5.11. The van der Waals surface area contributed by atoms with E-state index < -0.39 is 5.97 Å². The Kier molecular flexibility index (Phi) is 3.07. The van der Waals surface area contributed by atoms with Gasteiger partial charge < -0.3 is 15.2 Å². The van der Waals surface area contributed by atoms with E-state index in [9.17, 15) is 4.79 Å². The van der Waals surface area contributed by atoms with Crippen LogP contribution < -0.4 is 5.32 Å². The molecular formula is C7H11NO3. The first-order valence-electron chi connectivity index (χ1n) is 3.51. The SMILES string of the molecule is O=C(O)/C=C/C1COCCN1. The molecule has 1 heterocycles. The smallest absolute Gasteiger partial charge is 0.328 e. The van der Waals surface area contributed by atoms with Gasteiger partial charge in [-0.05, 0) is 0 Å². The van der Waals surface area contributed by atoms with E-state index in [-0.39, 0.29) is 6.04 Å². The molecule has 4 heteroatoms. The van der Waals surface area contributed by atoms with Gasteiger partial charge in [-0.25, -0.2) is 4.79 Å². The van der Waals surface area contributed by atoms with Gasteiger partial charge in [-0.15, -0.1) is 0 Å². The van der Waals surface area contributed by atoms with Gasteiger partial charge in [-0.3, -0.25) is 0 Å². The third-order valence-corrected chi connectivity index (χ3v) is 1.42. The molecule has 1 unspecified atom stereocenters. The van der Waals surface area contributed by atoms with Crippen molar-refractivity contribution in [2.45, 2.75) is 6.04 Å². The molecule has 0 spiro atoms. The molecule has 0 amide bonds. The fourth-order valence-corrected chi connectivity index (χ4v) is 0.908. The summed E-state index contributed by atoms with van der Waals surface area (Å²) in [7, 11) is 0. The minimum atomic E-state index is -0.919. The van der Waals surface area contributed by atoms with Crippen LogP contribution in [0.3, 0.4) is 0 Å². The predicted molar refractivity (Wildman–Crippen MR) is 39.4 cm³/mol. The minimum Gasteiger partial charge on any atom is -0.478 e. The predicted octanol–water partition coefficient (Wildman–Crippen LogP) is -0.384. The molecule has 1 aliphatic rings. The van der Waals surface area contributed by atoms with E-state index in [4.69, 9.17) is 9.84 Å². The van der Waals surface area contributed by atoms with Crippen molar-refractivity contribution in [3.05, 3.63) is 12.2 Å². The van der Waals surface area contributed by atoms with Crippen molar-refractivity contribution < 1.29 is 14.6 Å². The third kappa shape index (κ3) is 3.15. The molecule has 62 valence electrons. The lowest BCUT2D eigenvalue weighted by Crippen LogP contribution is -2.39. The zero-order valence-corrected chi connectivity index (χ0v) is 6.12. The molecule has 0 aliphatic carbocycles. The normalized spacial score (nSPS) is 25.6. The summed E-state index contributed by atoms with van der Waals surface area (Å²) in [6.07, 6.45) is 2.73. The monoisotopic (exact) mass is 157 g/mol. The molecular weight excluding hydrogens is 146 g/mol. The summed E-state index contributed by atoms with van der Waals surface area (Å²) in [5.74, 6) is -0.919. The van der Waals surface area contributed by atoms with Crippen LogP contribution in [0.15, 0.2) is 12.2 Å². The van der Waals surface area contributed by atoms with Crippen molar-refractivity contribution in [1.82, 2.24) is 5.32 Å². The van der Waals surface area contributed by atoms with Crippen molar-refractivity contribution in [3.63, 3.8) is 0 Å². The van der Waals surface area contributed by atoms with E-state index in [2.05, 4.69) is 5.32 Å². The number of carboxylic acids is 1. The van der Waals surface area contributed by atoms with Gasteiger partial charge in [0.25, 0.3) is 0 Å². The summed E-state index contributed by atoms with van der Waals surface area (Å²) >= 11 is 0. The van der Waals surface area contributed by atoms with Crippen LogP contribution in [-0.4, -0.2) is 36.9 Å². The molecule has 0 bridgehead atoms. The summed E-state index contributed by atoms with van der Waals surface area (Å²) in [5.41, 5.74) is 0. The molecule has 1 aliphatic heterocycles. The van der Waals surface area contributed by atoms with Gasteiger partial charge in [-0.2, -0.15) is 0 Å². The fraction of sp³-hybridized carbons (Fsp3) is 0.571. The average Bonchev–Trinajstić information content (AvgIpc) is 2.03.